The van der Waals surface area contributed by atoms with Crippen LogP contribution in [0.25, 0.3) is 0 Å². The zero-order valence-corrected chi connectivity index (χ0v) is 11.7. The minimum absolute atomic E-state index is 0.178. The predicted octanol–water partition coefficient (Wildman–Crippen LogP) is 2.05. The van der Waals surface area contributed by atoms with Gasteiger partial charge in [0.05, 0.1) is 12.0 Å². The number of nitriles is 1. The van der Waals surface area contributed by atoms with Crippen molar-refractivity contribution in [3.63, 3.8) is 0 Å². The van der Waals surface area contributed by atoms with Crippen molar-refractivity contribution in [1.29, 1.82) is 5.26 Å². The minimum atomic E-state index is -0.178. The molecule has 0 bridgehead atoms. The maximum absolute atomic E-state index is 11.0. The van der Waals surface area contributed by atoms with Gasteiger partial charge < -0.3 is 5.73 Å². The molecule has 2 unspecified atom stereocenters. The monoisotopic (exact) mass is 263 g/mol. The molecule has 1 aliphatic heterocycles. The van der Waals surface area contributed by atoms with Gasteiger partial charge in [-0.15, -0.1) is 0 Å². The van der Waals surface area contributed by atoms with E-state index in [0.29, 0.717) is 18.4 Å². The maximum Gasteiger partial charge on any atom is 0.217 e. The molecule has 1 amide bonds. The van der Waals surface area contributed by atoms with Crippen LogP contribution < -0.4 is 5.73 Å². The Morgan fingerprint density at radius 3 is 2.47 bits per heavy atom. The third-order valence-corrected chi connectivity index (χ3v) is 4.75. The third-order valence-electron chi connectivity index (χ3n) is 4.75. The van der Waals surface area contributed by atoms with E-state index in [2.05, 4.69) is 11.0 Å². The summed E-state index contributed by atoms with van der Waals surface area (Å²) in [5.74, 6) is 0.484. The van der Waals surface area contributed by atoms with Crippen molar-refractivity contribution in [3.05, 3.63) is 0 Å². The number of nitrogens with zero attached hydrogens (tertiary/aromatic N) is 2. The quantitative estimate of drug-likeness (QED) is 0.792. The average Bonchev–Trinajstić information content (AvgIpc) is 2.64. The summed E-state index contributed by atoms with van der Waals surface area (Å²) < 4.78 is 0. The lowest BCUT2D eigenvalue weighted by molar-refractivity contribution is -0.119. The second-order valence-electron chi connectivity index (χ2n) is 6.09. The van der Waals surface area contributed by atoms with Crippen molar-refractivity contribution < 1.29 is 4.79 Å². The van der Waals surface area contributed by atoms with Crippen LogP contribution in [0.3, 0.4) is 0 Å². The fourth-order valence-corrected chi connectivity index (χ4v) is 3.65. The van der Waals surface area contributed by atoms with Crippen LogP contribution in [-0.2, 0) is 4.79 Å². The third kappa shape index (κ3) is 3.94. The summed E-state index contributed by atoms with van der Waals surface area (Å²) in [4.78, 5) is 13.5. The van der Waals surface area contributed by atoms with Crippen molar-refractivity contribution >= 4 is 5.91 Å². The van der Waals surface area contributed by atoms with Gasteiger partial charge in [0, 0.05) is 12.5 Å². The predicted molar refractivity (Wildman–Crippen MR) is 74.1 cm³/mol. The van der Waals surface area contributed by atoms with Gasteiger partial charge in [0.1, 0.15) is 0 Å². The molecule has 106 valence electrons. The molecule has 0 aromatic heterocycles. The number of hydrogen-bond acceptors (Lipinski definition) is 3. The number of piperidine rings is 1. The summed E-state index contributed by atoms with van der Waals surface area (Å²) in [6.07, 6.45) is 8.58. The fraction of sp³-hybridized carbons (Fsp3) is 0.867. The number of rotatable bonds is 3. The lowest BCUT2D eigenvalue weighted by atomic mass is 9.88. The van der Waals surface area contributed by atoms with Gasteiger partial charge in [0.15, 0.2) is 0 Å². The molecule has 1 saturated heterocycles. The lowest BCUT2D eigenvalue weighted by Gasteiger charge is -2.38. The molecule has 0 aromatic carbocycles. The molecule has 0 radical (unpaired) electrons. The highest BCUT2D eigenvalue weighted by atomic mass is 16.1. The van der Waals surface area contributed by atoms with Crippen LogP contribution in [0.1, 0.15) is 51.4 Å². The Morgan fingerprint density at radius 2 is 1.84 bits per heavy atom. The highest BCUT2D eigenvalue weighted by Crippen LogP contribution is 2.30. The molecular formula is C15H25N3O. The minimum Gasteiger partial charge on any atom is -0.370 e. The van der Waals surface area contributed by atoms with Crippen LogP contribution in [0.5, 0.6) is 0 Å². The van der Waals surface area contributed by atoms with Gasteiger partial charge in [-0.2, -0.15) is 5.26 Å². The fourth-order valence-electron chi connectivity index (χ4n) is 3.65. The van der Waals surface area contributed by atoms with Crippen molar-refractivity contribution in [2.45, 2.75) is 57.4 Å². The summed E-state index contributed by atoms with van der Waals surface area (Å²) in [5, 5.41) is 9.35. The lowest BCUT2D eigenvalue weighted by Crippen LogP contribution is -2.45. The van der Waals surface area contributed by atoms with Gasteiger partial charge in [-0.25, -0.2) is 0 Å². The molecule has 0 aromatic rings. The van der Waals surface area contributed by atoms with Crippen LogP contribution >= 0.6 is 0 Å². The van der Waals surface area contributed by atoms with Gasteiger partial charge in [-0.3, -0.25) is 9.69 Å². The topological polar surface area (TPSA) is 70.1 Å². The summed E-state index contributed by atoms with van der Waals surface area (Å²) in [7, 11) is 0. The Morgan fingerprint density at radius 1 is 1.16 bits per heavy atom. The molecule has 2 aliphatic rings. The first-order chi connectivity index (χ1) is 9.20. The van der Waals surface area contributed by atoms with Crippen molar-refractivity contribution in [3.8, 4) is 6.07 Å². The molecule has 2 atom stereocenters. The van der Waals surface area contributed by atoms with Gasteiger partial charge in [0.2, 0.25) is 5.91 Å². The number of carbonyl (C=O) groups is 1. The number of nitrogens with two attached hydrogens (primary N) is 1. The standard InChI is InChI=1S/C15H25N3O/c16-11-13-4-2-1-3-5-14(13)18-8-6-12(7-9-18)10-15(17)19/h12-14H,1-10H2,(H2,17,19). The number of amides is 1. The highest BCUT2D eigenvalue weighted by Gasteiger charge is 2.31. The van der Waals surface area contributed by atoms with E-state index >= 15 is 0 Å². The van der Waals surface area contributed by atoms with E-state index in [4.69, 9.17) is 5.73 Å². The van der Waals surface area contributed by atoms with Crippen LogP contribution in [0.15, 0.2) is 0 Å². The SMILES string of the molecule is N#CC1CCCCCC1N1CCC(CC(N)=O)CC1. The number of hydrogen-bond donors (Lipinski definition) is 1. The average molecular weight is 263 g/mol. The Kier molecular flexibility index (Phi) is 5.21. The van der Waals surface area contributed by atoms with Crippen molar-refractivity contribution in [2.75, 3.05) is 13.1 Å². The van der Waals surface area contributed by atoms with E-state index in [1.54, 1.807) is 0 Å². The first-order valence-corrected chi connectivity index (χ1v) is 7.62. The van der Waals surface area contributed by atoms with Crippen LogP contribution in [0.4, 0.5) is 0 Å². The molecular weight excluding hydrogens is 238 g/mol. The molecule has 1 saturated carbocycles. The van der Waals surface area contributed by atoms with Gasteiger partial charge in [-0.1, -0.05) is 19.3 Å². The second-order valence-corrected chi connectivity index (χ2v) is 6.09. The Bertz CT molecular complexity index is 342. The molecule has 2 N–H and O–H groups in total. The normalized spacial score (nSPS) is 30.5. The largest absolute Gasteiger partial charge is 0.370 e. The van der Waals surface area contributed by atoms with E-state index in [0.717, 1.165) is 32.4 Å². The molecule has 2 rings (SSSR count). The van der Waals surface area contributed by atoms with Crippen LogP contribution in [0, 0.1) is 23.2 Å². The van der Waals surface area contributed by atoms with E-state index in [1.807, 2.05) is 0 Å². The second kappa shape index (κ2) is 6.91. The van der Waals surface area contributed by atoms with Gasteiger partial charge >= 0.3 is 0 Å². The number of carbonyl (C=O) groups excluding carboxylic acids is 1. The maximum atomic E-state index is 11.0. The Hall–Kier alpha value is -1.08. The molecule has 0 spiro atoms. The van der Waals surface area contributed by atoms with Gasteiger partial charge in [-0.05, 0) is 44.7 Å². The molecule has 1 aliphatic carbocycles. The van der Waals surface area contributed by atoms with Crippen molar-refractivity contribution in [1.82, 2.24) is 4.90 Å². The van der Waals surface area contributed by atoms with Crippen LogP contribution in [-0.4, -0.2) is 29.9 Å². The molecule has 2 fully saturated rings. The zero-order chi connectivity index (χ0) is 13.7. The summed E-state index contributed by atoms with van der Waals surface area (Å²) in [5.41, 5.74) is 5.27. The smallest absolute Gasteiger partial charge is 0.217 e. The molecule has 19 heavy (non-hydrogen) atoms. The zero-order valence-electron chi connectivity index (χ0n) is 11.7. The Balaban J connectivity index is 1.88. The molecule has 4 heteroatoms. The van der Waals surface area contributed by atoms with Crippen molar-refractivity contribution in [2.24, 2.45) is 17.6 Å². The molecule has 4 nitrogen and oxygen atoms in total. The van der Waals surface area contributed by atoms with E-state index in [-0.39, 0.29) is 11.8 Å². The summed E-state index contributed by atoms with van der Waals surface area (Å²) >= 11 is 0. The first-order valence-electron chi connectivity index (χ1n) is 7.62. The number of primary amides is 1. The number of likely N-dealkylation sites (tertiary alicyclic amines) is 1. The van der Waals surface area contributed by atoms with Gasteiger partial charge in [0.25, 0.3) is 0 Å². The van der Waals surface area contributed by atoms with Crippen LogP contribution in [0.2, 0.25) is 0 Å². The van der Waals surface area contributed by atoms with E-state index < -0.39 is 0 Å². The summed E-state index contributed by atoms with van der Waals surface area (Å²) in [6.45, 7) is 2.06. The van der Waals surface area contributed by atoms with E-state index in [9.17, 15) is 10.1 Å². The molecule has 1 heterocycles. The highest BCUT2D eigenvalue weighted by molar-refractivity contribution is 5.73. The van der Waals surface area contributed by atoms with E-state index in [1.165, 1.54) is 25.7 Å². The Labute approximate surface area is 115 Å². The first kappa shape index (κ1) is 14.3. The summed E-state index contributed by atoms with van der Waals surface area (Å²) in [6, 6.07) is 2.97.